The van der Waals surface area contributed by atoms with Crippen molar-refractivity contribution in [3.05, 3.63) is 23.8 Å². The maximum absolute atomic E-state index is 12.3. The molecule has 0 aromatic heterocycles. The van der Waals surface area contributed by atoms with Crippen LogP contribution < -0.4 is 14.6 Å². The Morgan fingerprint density at radius 2 is 1.85 bits per heavy atom. The minimum Gasteiger partial charge on any atom is -0.550 e. The van der Waals surface area contributed by atoms with Crippen molar-refractivity contribution in [3.8, 4) is 11.5 Å². The summed E-state index contributed by atoms with van der Waals surface area (Å²) in [4.78, 5) is 24.8. The van der Waals surface area contributed by atoms with Gasteiger partial charge < -0.3 is 24.3 Å². The minimum absolute atomic E-state index is 0.111. The van der Waals surface area contributed by atoms with Crippen LogP contribution in [0.1, 0.15) is 23.2 Å². The number of hydrogen-bond acceptors (Lipinski definition) is 5. The van der Waals surface area contributed by atoms with Crippen LogP contribution in [0.25, 0.3) is 0 Å². The number of carbonyl (C=O) groups is 2. The Bertz CT molecular complexity index is 548. The van der Waals surface area contributed by atoms with Crippen molar-refractivity contribution in [2.75, 3.05) is 19.9 Å². The first-order chi connectivity index (χ1) is 9.65. The van der Waals surface area contributed by atoms with Gasteiger partial charge in [-0.25, -0.2) is 0 Å². The SMILES string of the molecule is O=C([O-])C1CCN(C(=O)c2ccc3c(c2)OCO3)CC1. The molecule has 1 amide bonds. The zero-order valence-electron chi connectivity index (χ0n) is 10.8. The molecule has 2 aliphatic rings. The lowest BCUT2D eigenvalue weighted by Gasteiger charge is -2.32. The van der Waals surface area contributed by atoms with Gasteiger partial charge in [0.25, 0.3) is 5.91 Å². The second-order valence-electron chi connectivity index (χ2n) is 4.95. The van der Waals surface area contributed by atoms with E-state index in [4.69, 9.17) is 9.47 Å². The summed E-state index contributed by atoms with van der Waals surface area (Å²) in [6, 6.07) is 5.07. The fraction of sp³-hybridized carbons (Fsp3) is 0.429. The highest BCUT2D eigenvalue weighted by atomic mass is 16.7. The van der Waals surface area contributed by atoms with Gasteiger partial charge in [0, 0.05) is 30.5 Å². The molecule has 3 rings (SSSR count). The standard InChI is InChI=1S/C14H15NO5/c16-13(15-5-3-9(4-6-15)14(17)18)10-1-2-11-12(7-10)20-8-19-11/h1-2,7,9H,3-6,8H2,(H,17,18)/p-1. The first-order valence-corrected chi connectivity index (χ1v) is 6.55. The molecule has 1 aromatic carbocycles. The third kappa shape index (κ3) is 2.29. The van der Waals surface area contributed by atoms with E-state index in [1.54, 1.807) is 23.1 Å². The van der Waals surface area contributed by atoms with Crippen LogP contribution >= 0.6 is 0 Å². The number of hydrogen-bond donors (Lipinski definition) is 0. The number of carboxylic acids is 1. The maximum atomic E-state index is 12.3. The highest BCUT2D eigenvalue weighted by molar-refractivity contribution is 5.95. The highest BCUT2D eigenvalue weighted by Gasteiger charge is 2.25. The highest BCUT2D eigenvalue weighted by Crippen LogP contribution is 2.33. The monoisotopic (exact) mass is 276 g/mol. The van der Waals surface area contributed by atoms with Gasteiger partial charge >= 0.3 is 0 Å². The summed E-state index contributed by atoms with van der Waals surface area (Å²) >= 11 is 0. The predicted molar refractivity (Wildman–Crippen MR) is 66.2 cm³/mol. The third-order valence-electron chi connectivity index (χ3n) is 3.74. The molecule has 0 atom stereocenters. The van der Waals surface area contributed by atoms with E-state index in [1.165, 1.54) is 0 Å². The van der Waals surface area contributed by atoms with Gasteiger partial charge in [0.1, 0.15) is 0 Å². The molecule has 1 aromatic rings. The van der Waals surface area contributed by atoms with Gasteiger partial charge in [-0.15, -0.1) is 0 Å². The number of amides is 1. The summed E-state index contributed by atoms with van der Waals surface area (Å²) in [7, 11) is 0. The van der Waals surface area contributed by atoms with E-state index in [-0.39, 0.29) is 12.7 Å². The zero-order valence-corrected chi connectivity index (χ0v) is 10.8. The largest absolute Gasteiger partial charge is 0.550 e. The molecule has 2 aliphatic heterocycles. The molecule has 0 bridgehead atoms. The molecule has 106 valence electrons. The van der Waals surface area contributed by atoms with Crippen molar-refractivity contribution in [1.82, 2.24) is 4.90 Å². The number of likely N-dealkylation sites (tertiary alicyclic amines) is 1. The molecule has 20 heavy (non-hydrogen) atoms. The Balaban J connectivity index is 1.69. The number of benzene rings is 1. The van der Waals surface area contributed by atoms with E-state index in [0.29, 0.717) is 43.0 Å². The fourth-order valence-corrected chi connectivity index (χ4v) is 2.53. The maximum Gasteiger partial charge on any atom is 0.253 e. The summed E-state index contributed by atoms with van der Waals surface area (Å²) in [5.74, 6) is -0.381. The van der Waals surface area contributed by atoms with Gasteiger partial charge in [0.05, 0.1) is 0 Å². The van der Waals surface area contributed by atoms with Crippen LogP contribution in [0, 0.1) is 5.92 Å². The molecule has 0 N–H and O–H groups in total. The van der Waals surface area contributed by atoms with Crippen LogP contribution in [-0.4, -0.2) is 36.7 Å². The quantitative estimate of drug-likeness (QED) is 0.760. The van der Waals surface area contributed by atoms with Gasteiger partial charge in [0.15, 0.2) is 11.5 Å². The van der Waals surface area contributed by atoms with E-state index in [9.17, 15) is 14.7 Å². The molecule has 0 aliphatic carbocycles. The number of aliphatic carboxylic acids is 1. The van der Waals surface area contributed by atoms with Crippen LogP contribution in [0.2, 0.25) is 0 Å². The van der Waals surface area contributed by atoms with E-state index >= 15 is 0 Å². The van der Waals surface area contributed by atoms with Crippen molar-refractivity contribution in [1.29, 1.82) is 0 Å². The summed E-state index contributed by atoms with van der Waals surface area (Å²) < 4.78 is 10.4. The van der Waals surface area contributed by atoms with Gasteiger partial charge in [0.2, 0.25) is 6.79 Å². The Labute approximate surface area is 115 Å². The smallest absolute Gasteiger partial charge is 0.253 e. The average molecular weight is 276 g/mol. The van der Waals surface area contributed by atoms with Gasteiger partial charge in [-0.1, -0.05) is 0 Å². The van der Waals surface area contributed by atoms with E-state index in [1.807, 2.05) is 0 Å². The molecule has 2 heterocycles. The normalized spacial score (nSPS) is 18.1. The number of nitrogens with zero attached hydrogens (tertiary/aromatic N) is 1. The fourth-order valence-electron chi connectivity index (χ4n) is 2.53. The van der Waals surface area contributed by atoms with Crippen LogP contribution in [0.4, 0.5) is 0 Å². The first-order valence-electron chi connectivity index (χ1n) is 6.55. The van der Waals surface area contributed by atoms with E-state index in [0.717, 1.165) is 0 Å². The first kappa shape index (κ1) is 12.8. The number of carboxylic acid groups (broad SMARTS) is 1. The molecule has 0 spiro atoms. The molecular formula is C14H14NO5-. The van der Waals surface area contributed by atoms with Crippen LogP contribution in [0.15, 0.2) is 18.2 Å². The Kier molecular flexibility index (Phi) is 3.22. The minimum atomic E-state index is -1.03. The van der Waals surface area contributed by atoms with Crippen molar-refractivity contribution >= 4 is 11.9 Å². The molecule has 0 unspecified atom stereocenters. The molecule has 6 nitrogen and oxygen atoms in total. The summed E-state index contributed by atoms with van der Waals surface area (Å²) in [5.41, 5.74) is 0.529. The van der Waals surface area contributed by atoms with Crippen LogP contribution in [0.3, 0.4) is 0 Å². The number of fused-ring (bicyclic) bond motifs is 1. The van der Waals surface area contributed by atoms with Gasteiger partial charge in [-0.3, -0.25) is 4.79 Å². The molecule has 1 saturated heterocycles. The molecule has 0 saturated carbocycles. The molecule has 0 radical (unpaired) electrons. The van der Waals surface area contributed by atoms with Crippen LogP contribution in [-0.2, 0) is 4.79 Å². The molecule has 1 fully saturated rings. The topological polar surface area (TPSA) is 78.9 Å². The predicted octanol–water partition coefficient (Wildman–Crippen LogP) is 0.0174. The van der Waals surface area contributed by atoms with Crippen molar-refractivity contribution in [3.63, 3.8) is 0 Å². The van der Waals surface area contributed by atoms with Crippen molar-refractivity contribution in [2.24, 2.45) is 5.92 Å². The van der Waals surface area contributed by atoms with E-state index < -0.39 is 11.9 Å². The van der Waals surface area contributed by atoms with E-state index in [2.05, 4.69) is 0 Å². The lowest BCUT2D eigenvalue weighted by atomic mass is 9.96. The number of piperidine rings is 1. The number of rotatable bonds is 2. The second kappa shape index (κ2) is 5.03. The second-order valence-corrected chi connectivity index (χ2v) is 4.95. The Hall–Kier alpha value is -2.24. The molecule has 6 heteroatoms. The van der Waals surface area contributed by atoms with Crippen molar-refractivity contribution < 1.29 is 24.2 Å². The third-order valence-corrected chi connectivity index (χ3v) is 3.74. The average Bonchev–Trinajstić information content (AvgIpc) is 2.94. The van der Waals surface area contributed by atoms with Crippen molar-refractivity contribution in [2.45, 2.75) is 12.8 Å². The van der Waals surface area contributed by atoms with Gasteiger partial charge in [-0.05, 0) is 31.0 Å². The lowest BCUT2D eigenvalue weighted by molar-refractivity contribution is -0.312. The Morgan fingerprint density at radius 3 is 2.55 bits per heavy atom. The number of ether oxygens (including phenoxy) is 2. The zero-order chi connectivity index (χ0) is 14.1. The summed E-state index contributed by atoms with van der Waals surface area (Å²) in [6.07, 6.45) is 0.886. The summed E-state index contributed by atoms with van der Waals surface area (Å²) in [6.45, 7) is 1.04. The van der Waals surface area contributed by atoms with Gasteiger partial charge in [-0.2, -0.15) is 0 Å². The van der Waals surface area contributed by atoms with Crippen LogP contribution in [0.5, 0.6) is 11.5 Å². The number of carbonyl (C=O) groups excluding carboxylic acids is 2. The Morgan fingerprint density at radius 1 is 1.15 bits per heavy atom. The molecular weight excluding hydrogens is 262 g/mol. The summed E-state index contributed by atoms with van der Waals surface area (Å²) in [5, 5.41) is 10.8. The lowest BCUT2D eigenvalue weighted by Crippen LogP contribution is -2.43.